The maximum atomic E-state index is 13.9. The molecule has 1 fully saturated rings. The van der Waals surface area contributed by atoms with Gasteiger partial charge in [0.1, 0.15) is 12.1 Å². The molecule has 0 bridgehead atoms. The first-order valence-corrected chi connectivity index (χ1v) is 16.7. The molecule has 1 saturated heterocycles. The van der Waals surface area contributed by atoms with Crippen LogP contribution in [0.3, 0.4) is 0 Å². The third-order valence-electron chi connectivity index (χ3n) is 7.49. The number of hydrogen-bond donors (Lipinski definition) is 2. The average Bonchev–Trinajstić information content (AvgIpc) is 3.28. The molecule has 0 saturated carbocycles. The van der Waals surface area contributed by atoms with E-state index in [1.165, 1.54) is 10.5 Å². The first-order valence-electron chi connectivity index (χ1n) is 13.1. The molecule has 2 N–H and O–H groups in total. The summed E-state index contributed by atoms with van der Waals surface area (Å²) in [6, 6.07) is 6.70. The maximum absolute atomic E-state index is 13.9. The van der Waals surface area contributed by atoms with Gasteiger partial charge in [-0.15, -0.1) is 0 Å². The second kappa shape index (κ2) is 12.7. The molecule has 2 aliphatic rings. The number of benzene rings is 1. The molecule has 4 rings (SSSR count). The number of aromatic nitrogens is 2. The summed E-state index contributed by atoms with van der Waals surface area (Å²) >= 11 is 6.06. The number of piperazine rings is 1. The number of amides is 1. The van der Waals surface area contributed by atoms with Crippen molar-refractivity contribution >= 4 is 43.6 Å². The maximum Gasteiger partial charge on any atom is 0.266 e. The summed E-state index contributed by atoms with van der Waals surface area (Å²) < 4.78 is 64.1. The van der Waals surface area contributed by atoms with Crippen molar-refractivity contribution in [2.24, 2.45) is 0 Å². The number of carbonyl (C=O) groups is 1. The predicted molar refractivity (Wildman–Crippen MR) is 151 cm³/mol. The topological polar surface area (TPSA) is 161 Å². The molecule has 1 aromatic carbocycles. The zero-order valence-electron chi connectivity index (χ0n) is 22.2. The van der Waals surface area contributed by atoms with Crippen molar-refractivity contribution in [1.82, 2.24) is 19.8 Å². The van der Waals surface area contributed by atoms with Gasteiger partial charge in [0.05, 0.1) is 17.4 Å². The minimum Gasteiger partial charge on any atom is -0.353 e. The smallest absolute Gasteiger partial charge is 0.266 e. The number of aryl methyl sites for hydroxylation is 1. The highest BCUT2D eigenvalue weighted by Crippen LogP contribution is 2.37. The lowest BCUT2D eigenvalue weighted by molar-refractivity contribution is -0.133. The summed E-state index contributed by atoms with van der Waals surface area (Å²) in [4.78, 5) is 28.2. The van der Waals surface area contributed by atoms with Gasteiger partial charge < -0.3 is 14.7 Å². The van der Waals surface area contributed by atoms with E-state index in [4.69, 9.17) is 11.6 Å². The lowest BCUT2D eigenvalue weighted by atomic mass is 9.96. The molecule has 1 aliphatic carbocycles. The van der Waals surface area contributed by atoms with E-state index >= 15 is 0 Å². The number of halogens is 1. The van der Waals surface area contributed by atoms with Crippen LogP contribution in [-0.2, 0) is 31.5 Å². The van der Waals surface area contributed by atoms with E-state index in [-0.39, 0.29) is 25.5 Å². The fraction of sp³-hybridized carbons (Fsp3) is 0.560. The summed E-state index contributed by atoms with van der Waals surface area (Å²) in [5.74, 6) is -0.989. The molecule has 0 radical (unpaired) electrons. The van der Waals surface area contributed by atoms with Crippen molar-refractivity contribution in [3.8, 4) is 0 Å². The largest absolute Gasteiger partial charge is 0.353 e. The second-order valence-corrected chi connectivity index (χ2v) is 13.9. The zero-order valence-corrected chi connectivity index (χ0v) is 24.6. The highest BCUT2D eigenvalue weighted by Gasteiger charge is 2.33. The Morgan fingerprint density at radius 1 is 1.02 bits per heavy atom. The molecule has 0 spiro atoms. The highest BCUT2D eigenvalue weighted by atomic mass is 35.5. The minimum atomic E-state index is -4.34. The molecule has 2 unspecified atom stereocenters. The normalized spacial score (nSPS) is 18.7. The molecular weight excluding hydrogens is 582 g/mol. The van der Waals surface area contributed by atoms with Crippen molar-refractivity contribution in [2.45, 2.75) is 31.6 Å². The Morgan fingerprint density at radius 2 is 1.62 bits per heavy atom. The monoisotopic (exact) mass is 615 g/mol. The van der Waals surface area contributed by atoms with Gasteiger partial charge in [-0.25, -0.2) is 9.97 Å². The summed E-state index contributed by atoms with van der Waals surface area (Å²) in [5.41, 5.74) is 2.88. The Balaban J connectivity index is 1.52. The first kappa shape index (κ1) is 30.6. The van der Waals surface area contributed by atoms with Crippen LogP contribution in [0.15, 0.2) is 30.6 Å². The van der Waals surface area contributed by atoms with Gasteiger partial charge in [0.15, 0.2) is 0 Å². The van der Waals surface area contributed by atoms with Crippen molar-refractivity contribution in [2.75, 3.05) is 62.2 Å². The van der Waals surface area contributed by atoms with Crippen molar-refractivity contribution in [3.05, 3.63) is 52.4 Å². The van der Waals surface area contributed by atoms with E-state index in [9.17, 15) is 30.7 Å². The fourth-order valence-electron chi connectivity index (χ4n) is 5.30. The van der Waals surface area contributed by atoms with Gasteiger partial charge in [-0.1, -0.05) is 30.7 Å². The Bertz CT molecular complexity index is 1380. The molecule has 1 amide bonds. The molecule has 40 heavy (non-hydrogen) atoms. The van der Waals surface area contributed by atoms with Crippen LogP contribution in [0.1, 0.15) is 42.0 Å². The van der Waals surface area contributed by atoms with Gasteiger partial charge in [-0.05, 0) is 36.5 Å². The molecule has 2 aromatic rings. The van der Waals surface area contributed by atoms with Gasteiger partial charge in [-0.3, -0.25) is 13.9 Å². The van der Waals surface area contributed by atoms with Gasteiger partial charge in [0.2, 0.25) is 5.91 Å². The zero-order chi connectivity index (χ0) is 29.1. The SMILES string of the molecule is CC1CCc2ncnc(N3CCN(C(=O)C(CN(CCS(=O)(=O)O)CCS(=O)(=O)O)c4ccc(Cl)cc4)CC3)c21. The molecule has 1 aliphatic heterocycles. The third kappa shape index (κ3) is 8.10. The lowest BCUT2D eigenvalue weighted by Crippen LogP contribution is -2.52. The number of nitrogens with zero attached hydrogens (tertiary/aromatic N) is 5. The van der Waals surface area contributed by atoms with E-state index in [2.05, 4.69) is 21.8 Å². The van der Waals surface area contributed by atoms with Crippen LogP contribution in [0.5, 0.6) is 0 Å². The van der Waals surface area contributed by atoms with Gasteiger partial charge in [0, 0.05) is 62.1 Å². The van der Waals surface area contributed by atoms with Crippen LogP contribution in [0.25, 0.3) is 0 Å². The molecule has 12 nitrogen and oxygen atoms in total. The Kier molecular flexibility index (Phi) is 9.68. The summed E-state index contributed by atoms with van der Waals surface area (Å²) in [5, 5.41) is 0.477. The summed E-state index contributed by atoms with van der Waals surface area (Å²) in [6.45, 7) is 3.72. The van der Waals surface area contributed by atoms with E-state index in [1.54, 1.807) is 35.5 Å². The van der Waals surface area contributed by atoms with E-state index in [0.29, 0.717) is 42.7 Å². The molecule has 2 heterocycles. The predicted octanol–water partition coefficient (Wildman–Crippen LogP) is 1.69. The van der Waals surface area contributed by atoms with Crippen LogP contribution in [0.2, 0.25) is 5.02 Å². The Hall–Kier alpha value is -2.36. The molecule has 2 atom stereocenters. The number of carbonyl (C=O) groups excluding carboxylic acids is 1. The van der Waals surface area contributed by atoms with Gasteiger partial charge in [-0.2, -0.15) is 16.8 Å². The Labute approximate surface area is 239 Å². The van der Waals surface area contributed by atoms with Crippen molar-refractivity contribution in [3.63, 3.8) is 0 Å². The Morgan fingerprint density at radius 3 is 2.20 bits per heavy atom. The van der Waals surface area contributed by atoms with Gasteiger partial charge >= 0.3 is 0 Å². The number of anilines is 1. The summed E-state index contributed by atoms with van der Waals surface area (Å²) in [7, 11) is -8.69. The molecule has 15 heteroatoms. The van der Waals surface area contributed by atoms with Gasteiger partial charge in [0.25, 0.3) is 20.2 Å². The fourth-order valence-corrected chi connectivity index (χ4v) is 6.40. The average molecular weight is 616 g/mol. The second-order valence-electron chi connectivity index (χ2n) is 10.3. The highest BCUT2D eigenvalue weighted by molar-refractivity contribution is 7.86. The van der Waals surface area contributed by atoms with E-state index in [1.807, 2.05) is 0 Å². The minimum absolute atomic E-state index is 0.0251. The summed E-state index contributed by atoms with van der Waals surface area (Å²) in [6.07, 6.45) is 3.56. The standard InChI is InChI=1S/C25H34ClN5O7S2/c1-18-2-7-22-23(18)24(28-17-27-22)30-8-10-31(11-9-30)25(32)21(19-3-5-20(26)6-4-19)16-29(12-14-39(33,34)35)13-15-40(36,37)38/h3-6,17-18,21H,2,7-16H2,1H3,(H,33,34,35)(H,36,37,38). The first-order chi connectivity index (χ1) is 18.8. The van der Waals surface area contributed by atoms with E-state index in [0.717, 1.165) is 24.4 Å². The quantitative estimate of drug-likeness (QED) is 0.354. The van der Waals surface area contributed by atoms with Crippen LogP contribution >= 0.6 is 11.6 Å². The van der Waals surface area contributed by atoms with Crippen molar-refractivity contribution in [1.29, 1.82) is 0 Å². The number of fused-ring (bicyclic) bond motifs is 1. The van der Waals surface area contributed by atoms with Crippen LogP contribution < -0.4 is 4.90 Å². The van der Waals surface area contributed by atoms with Crippen LogP contribution in [-0.4, -0.2) is 109 Å². The van der Waals surface area contributed by atoms with E-state index < -0.39 is 37.7 Å². The van der Waals surface area contributed by atoms with Crippen molar-refractivity contribution < 1.29 is 30.7 Å². The molecular formula is C25H34ClN5O7S2. The third-order valence-corrected chi connectivity index (χ3v) is 9.13. The lowest BCUT2D eigenvalue weighted by Gasteiger charge is -2.38. The van der Waals surface area contributed by atoms with Crippen LogP contribution in [0, 0.1) is 0 Å². The number of hydrogen-bond acceptors (Lipinski definition) is 9. The molecule has 220 valence electrons. The molecule has 1 aromatic heterocycles. The number of rotatable bonds is 11. The van der Waals surface area contributed by atoms with Crippen LogP contribution in [0.4, 0.5) is 5.82 Å².